The Bertz CT molecular complexity index is 1360. The third-order valence-corrected chi connectivity index (χ3v) is 6.29. The Morgan fingerprint density at radius 1 is 1.16 bits per heavy atom. The number of nitrogens with two attached hydrogens (primary N) is 1. The van der Waals surface area contributed by atoms with Crippen molar-refractivity contribution in [3.8, 4) is 5.69 Å². The lowest BCUT2D eigenvalue weighted by molar-refractivity contribution is -0.113. The molecule has 2 heterocycles. The van der Waals surface area contributed by atoms with Gasteiger partial charge in [0.15, 0.2) is 5.16 Å². The summed E-state index contributed by atoms with van der Waals surface area (Å²) in [7, 11) is 0. The van der Waals surface area contributed by atoms with Gasteiger partial charge >= 0.3 is 0 Å². The molecular weight excluding hydrogens is 432 g/mol. The molecule has 0 radical (unpaired) electrons. The van der Waals surface area contributed by atoms with Crippen molar-refractivity contribution in [1.82, 2.24) is 9.55 Å². The van der Waals surface area contributed by atoms with Crippen molar-refractivity contribution in [3.63, 3.8) is 0 Å². The molecule has 0 fully saturated rings. The molecule has 2 aromatic heterocycles. The molecular formula is C22H18N4O3S2. The van der Waals surface area contributed by atoms with E-state index >= 15 is 0 Å². The monoisotopic (exact) mass is 450 g/mol. The number of carbonyl (C=O) groups excluding carboxylic acids is 2. The van der Waals surface area contributed by atoms with Crippen LogP contribution in [0.15, 0.2) is 69.9 Å². The Hall–Kier alpha value is -3.43. The molecule has 0 aliphatic rings. The van der Waals surface area contributed by atoms with E-state index in [2.05, 4.69) is 10.3 Å². The molecule has 0 unspecified atom stereocenters. The van der Waals surface area contributed by atoms with Gasteiger partial charge in [-0.25, -0.2) is 4.98 Å². The van der Waals surface area contributed by atoms with E-state index in [9.17, 15) is 14.4 Å². The highest BCUT2D eigenvalue weighted by molar-refractivity contribution is 7.99. The summed E-state index contributed by atoms with van der Waals surface area (Å²) in [4.78, 5) is 41.8. The van der Waals surface area contributed by atoms with Crippen LogP contribution in [-0.2, 0) is 4.79 Å². The molecule has 0 aliphatic carbocycles. The van der Waals surface area contributed by atoms with Gasteiger partial charge in [0.2, 0.25) is 5.91 Å². The lowest BCUT2D eigenvalue weighted by Crippen LogP contribution is -2.23. The molecule has 0 atom stereocenters. The fourth-order valence-electron chi connectivity index (χ4n) is 3.10. The highest BCUT2D eigenvalue weighted by Gasteiger charge is 2.17. The van der Waals surface area contributed by atoms with Crippen molar-refractivity contribution in [2.75, 3.05) is 11.1 Å². The van der Waals surface area contributed by atoms with E-state index in [1.807, 2.05) is 37.3 Å². The normalized spacial score (nSPS) is 10.9. The summed E-state index contributed by atoms with van der Waals surface area (Å²) in [5.74, 6) is -0.922. The number of benzene rings is 2. The highest BCUT2D eigenvalue weighted by atomic mass is 32.2. The molecule has 2 aromatic carbocycles. The zero-order valence-corrected chi connectivity index (χ0v) is 18.1. The number of aromatic nitrogens is 2. The van der Waals surface area contributed by atoms with Gasteiger partial charge in [-0.2, -0.15) is 0 Å². The smallest absolute Gasteiger partial charge is 0.266 e. The van der Waals surface area contributed by atoms with Crippen LogP contribution in [0.2, 0.25) is 0 Å². The van der Waals surface area contributed by atoms with Gasteiger partial charge in [-0.3, -0.25) is 19.0 Å². The number of thioether (sulfide) groups is 1. The van der Waals surface area contributed by atoms with Crippen molar-refractivity contribution in [2.24, 2.45) is 5.73 Å². The second kappa shape index (κ2) is 8.75. The average Bonchev–Trinajstić information content (AvgIpc) is 3.21. The minimum Gasteiger partial charge on any atom is -0.366 e. The number of aryl methyl sites for hydroxylation is 1. The maximum Gasteiger partial charge on any atom is 0.266 e. The van der Waals surface area contributed by atoms with Crippen LogP contribution in [0.4, 0.5) is 5.00 Å². The number of amides is 2. The number of nitrogens with zero attached hydrogens (tertiary/aromatic N) is 2. The van der Waals surface area contributed by atoms with Gasteiger partial charge in [0.05, 0.1) is 27.9 Å². The lowest BCUT2D eigenvalue weighted by Gasteiger charge is -2.13. The Kier molecular flexibility index (Phi) is 5.88. The second-order valence-electron chi connectivity index (χ2n) is 6.76. The van der Waals surface area contributed by atoms with E-state index in [4.69, 9.17) is 5.73 Å². The summed E-state index contributed by atoms with van der Waals surface area (Å²) in [6.45, 7) is 1.95. The maximum absolute atomic E-state index is 13.2. The SMILES string of the molecule is Cc1cccc(-n2c(SCC(=O)Nc3sccc3C(N)=O)nc3ccccc3c2=O)c1. The molecule has 7 nitrogen and oxygen atoms in total. The predicted octanol–water partition coefficient (Wildman–Crippen LogP) is 3.59. The quantitative estimate of drug-likeness (QED) is 0.345. The summed E-state index contributed by atoms with van der Waals surface area (Å²) in [6, 6.07) is 16.2. The molecule has 0 bridgehead atoms. The van der Waals surface area contributed by atoms with E-state index in [-0.39, 0.29) is 22.8 Å². The second-order valence-corrected chi connectivity index (χ2v) is 8.61. The first kappa shape index (κ1) is 20.8. The number of anilines is 1. The Morgan fingerprint density at radius 3 is 2.74 bits per heavy atom. The molecule has 0 spiro atoms. The number of para-hydroxylation sites is 1. The number of primary amides is 1. The van der Waals surface area contributed by atoms with Crippen LogP contribution in [0.5, 0.6) is 0 Å². The summed E-state index contributed by atoms with van der Waals surface area (Å²) < 4.78 is 1.52. The van der Waals surface area contributed by atoms with Crippen LogP contribution >= 0.6 is 23.1 Å². The van der Waals surface area contributed by atoms with Crippen LogP contribution in [0.3, 0.4) is 0 Å². The maximum atomic E-state index is 13.2. The number of hydrogen-bond acceptors (Lipinski definition) is 6. The summed E-state index contributed by atoms with van der Waals surface area (Å²) in [5.41, 5.74) is 7.64. The Balaban J connectivity index is 1.67. The molecule has 9 heteroatoms. The number of fused-ring (bicyclic) bond motifs is 1. The van der Waals surface area contributed by atoms with E-state index in [1.165, 1.54) is 15.9 Å². The molecule has 2 amide bonds. The van der Waals surface area contributed by atoms with Crippen LogP contribution in [0.25, 0.3) is 16.6 Å². The number of rotatable bonds is 6. The number of thiophene rings is 1. The van der Waals surface area contributed by atoms with Gasteiger partial charge in [0, 0.05) is 0 Å². The van der Waals surface area contributed by atoms with Crippen LogP contribution in [0, 0.1) is 6.92 Å². The van der Waals surface area contributed by atoms with Gasteiger partial charge in [-0.05, 0) is 48.2 Å². The largest absolute Gasteiger partial charge is 0.366 e. The first-order chi connectivity index (χ1) is 14.9. The van der Waals surface area contributed by atoms with E-state index < -0.39 is 5.91 Å². The predicted molar refractivity (Wildman–Crippen MR) is 124 cm³/mol. The van der Waals surface area contributed by atoms with Crippen molar-refractivity contribution in [3.05, 3.63) is 81.5 Å². The van der Waals surface area contributed by atoms with Crippen molar-refractivity contribution >= 4 is 50.8 Å². The van der Waals surface area contributed by atoms with Gasteiger partial charge in [-0.1, -0.05) is 36.0 Å². The minimum atomic E-state index is -0.603. The molecule has 0 saturated carbocycles. The van der Waals surface area contributed by atoms with Gasteiger partial charge < -0.3 is 11.1 Å². The number of hydrogen-bond donors (Lipinski definition) is 2. The molecule has 0 aliphatic heterocycles. The Labute approximate surface area is 185 Å². The summed E-state index contributed by atoms with van der Waals surface area (Å²) in [6.07, 6.45) is 0. The molecule has 3 N–H and O–H groups in total. The standard InChI is InChI=1S/C22H18N4O3S2/c1-13-5-4-6-14(11-13)26-21(29)15-7-2-3-8-17(15)24-22(26)31-12-18(27)25-20-16(19(23)28)9-10-30-20/h2-11H,12H2,1H3,(H2,23,28)(H,25,27). The van der Waals surface area contributed by atoms with Crippen molar-refractivity contribution < 1.29 is 9.59 Å². The lowest BCUT2D eigenvalue weighted by atomic mass is 10.2. The minimum absolute atomic E-state index is 0.00664. The highest BCUT2D eigenvalue weighted by Crippen LogP contribution is 2.25. The summed E-state index contributed by atoms with van der Waals surface area (Å²) >= 11 is 2.37. The first-order valence-corrected chi connectivity index (χ1v) is 11.2. The van der Waals surface area contributed by atoms with E-state index in [0.717, 1.165) is 17.3 Å². The molecule has 4 aromatic rings. The molecule has 31 heavy (non-hydrogen) atoms. The number of carbonyl (C=O) groups is 2. The van der Waals surface area contributed by atoms with E-state index in [1.54, 1.807) is 29.6 Å². The van der Waals surface area contributed by atoms with Crippen LogP contribution < -0.4 is 16.6 Å². The average molecular weight is 451 g/mol. The van der Waals surface area contributed by atoms with Gasteiger partial charge in [0.25, 0.3) is 11.5 Å². The molecule has 0 saturated heterocycles. The van der Waals surface area contributed by atoms with Gasteiger partial charge in [0.1, 0.15) is 5.00 Å². The van der Waals surface area contributed by atoms with Crippen molar-refractivity contribution in [1.29, 1.82) is 0 Å². The first-order valence-electron chi connectivity index (χ1n) is 9.33. The third-order valence-electron chi connectivity index (χ3n) is 4.52. The van der Waals surface area contributed by atoms with E-state index in [0.29, 0.717) is 26.7 Å². The van der Waals surface area contributed by atoms with Gasteiger partial charge in [-0.15, -0.1) is 11.3 Å². The topological polar surface area (TPSA) is 107 Å². The Morgan fingerprint density at radius 2 is 1.97 bits per heavy atom. The molecule has 4 rings (SSSR count). The fraction of sp³-hybridized carbons (Fsp3) is 0.0909. The zero-order valence-electron chi connectivity index (χ0n) is 16.5. The zero-order chi connectivity index (χ0) is 22.0. The molecule has 156 valence electrons. The fourth-order valence-corrected chi connectivity index (χ4v) is 4.72. The van der Waals surface area contributed by atoms with Crippen molar-refractivity contribution in [2.45, 2.75) is 12.1 Å². The number of nitrogens with one attached hydrogen (secondary N) is 1. The summed E-state index contributed by atoms with van der Waals surface area (Å²) in [5, 5.41) is 5.70. The third kappa shape index (κ3) is 4.37. The van der Waals surface area contributed by atoms with Crippen LogP contribution in [-0.4, -0.2) is 27.1 Å². The van der Waals surface area contributed by atoms with Crippen LogP contribution in [0.1, 0.15) is 15.9 Å².